The Morgan fingerprint density at radius 3 is 1.92 bits per heavy atom. The van der Waals surface area contributed by atoms with Crippen LogP contribution in [0.2, 0.25) is 0 Å². The molecule has 4 nitrogen and oxygen atoms in total. The Morgan fingerprint density at radius 2 is 1.12 bits per heavy atom. The van der Waals surface area contributed by atoms with Gasteiger partial charge in [-0.25, -0.2) is 15.0 Å². The Bertz CT molecular complexity index is 3990. The molecule has 0 spiro atoms. The molecule has 0 saturated carbocycles. The van der Waals surface area contributed by atoms with Gasteiger partial charge in [0.15, 0.2) is 17.5 Å². The number of thiophene rings is 1. The largest absolute Gasteiger partial charge is 0.456 e. The summed E-state index contributed by atoms with van der Waals surface area (Å²) in [5.74, 6) is -1.05. The van der Waals surface area contributed by atoms with Gasteiger partial charge in [-0.2, -0.15) is 0 Å². The SMILES string of the molecule is [2H]c1c([2H])c([2H])c(-c2nc(-c3cccc(-c4csc5ccccc45)c3)nc(-c3c([2H])c([2H])c4c(oc5c([2H])c([2H])c([2H])c(-c6c([2H])c([2H])c(-c7c([2H])c([2H])c([2H])c([2H])c7[2H])c([2H])c6[2H])c54)c3[2H])n2)c([2H])c1[2H]. The van der Waals surface area contributed by atoms with E-state index in [-0.39, 0.29) is 5.82 Å². The van der Waals surface area contributed by atoms with Gasteiger partial charge in [-0.3, -0.25) is 0 Å². The summed E-state index contributed by atoms with van der Waals surface area (Å²) < 4.78 is 183. The molecule has 0 amide bonds. The lowest BCUT2D eigenvalue weighted by Crippen LogP contribution is -2.00. The molecule has 10 aromatic rings. The molecular formula is C47H29N3OS. The molecule has 0 fully saturated rings. The van der Waals surface area contributed by atoms with E-state index in [4.69, 9.17) is 27.7 Å². The Kier molecular flexibility index (Phi) is 3.89. The van der Waals surface area contributed by atoms with Crippen molar-refractivity contribution in [3.63, 3.8) is 0 Å². The molecule has 52 heavy (non-hydrogen) atoms. The van der Waals surface area contributed by atoms with E-state index in [1.54, 1.807) is 18.2 Å². The van der Waals surface area contributed by atoms with Crippen LogP contribution in [-0.4, -0.2) is 15.0 Å². The van der Waals surface area contributed by atoms with Gasteiger partial charge >= 0.3 is 0 Å². The Balaban J connectivity index is 1.25. The Hall–Kier alpha value is -6.69. The third-order valence-electron chi connectivity index (χ3n) is 8.19. The first-order valence-corrected chi connectivity index (χ1v) is 16.5. The fourth-order valence-corrected chi connectivity index (χ4v) is 6.77. The maximum atomic E-state index is 9.58. The minimum absolute atomic E-state index is 0.123. The van der Waals surface area contributed by atoms with E-state index in [0.29, 0.717) is 5.56 Å². The molecule has 3 heterocycles. The lowest BCUT2D eigenvalue weighted by Gasteiger charge is -2.10. The van der Waals surface area contributed by atoms with Gasteiger partial charge in [0.2, 0.25) is 0 Å². The van der Waals surface area contributed by atoms with E-state index in [1.165, 1.54) is 11.3 Å². The van der Waals surface area contributed by atoms with Crippen LogP contribution in [-0.2, 0) is 0 Å². The van der Waals surface area contributed by atoms with Gasteiger partial charge in [-0.15, -0.1) is 11.3 Å². The summed E-state index contributed by atoms with van der Waals surface area (Å²) in [5.41, 5.74) is -2.52. The van der Waals surface area contributed by atoms with E-state index in [0.717, 1.165) is 21.2 Å². The number of aromatic nitrogens is 3. The van der Waals surface area contributed by atoms with Gasteiger partial charge in [-0.1, -0.05) is 139 Å². The molecule has 244 valence electrons. The predicted octanol–water partition coefficient (Wildman–Crippen LogP) is 13.0. The number of hydrogen-bond acceptors (Lipinski definition) is 5. The predicted molar refractivity (Wildman–Crippen MR) is 215 cm³/mol. The van der Waals surface area contributed by atoms with Crippen molar-refractivity contribution in [2.45, 2.75) is 0 Å². The molecule has 0 aliphatic carbocycles. The maximum absolute atomic E-state index is 9.58. The van der Waals surface area contributed by atoms with E-state index < -0.39 is 188 Å². The standard InChI is InChI=1S/C47H29N3OS/c1-3-11-30(12-4-1)31-21-23-32(24-22-31)37-18-10-19-41-44(37)39-26-25-36(28-42(39)51-41)47-49-45(33-13-5-2-6-14-33)48-46(50-47)35-16-9-15-34(27-35)40-29-52-43-20-8-7-17-38(40)43/h1-29H/i1D,2D,3D,4D,5D,6D,10D,11D,12D,13D,14D,18D,19D,21D,22D,23D,24D,25D,26D,28D. The summed E-state index contributed by atoms with van der Waals surface area (Å²) in [7, 11) is 0. The summed E-state index contributed by atoms with van der Waals surface area (Å²) in [5, 5.41) is 2.13. The third kappa shape index (κ3) is 5.36. The number of rotatable bonds is 6. The average Bonchev–Trinajstić information content (AvgIpc) is 4.00. The van der Waals surface area contributed by atoms with E-state index in [9.17, 15) is 4.11 Å². The molecule has 10 rings (SSSR count). The highest BCUT2D eigenvalue weighted by Crippen LogP contribution is 2.39. The summed E-state index contributed by atoms with van der Waals surface area (Å²) in [4.78, 5) is 13.7. The van der Waals surface area contributed by atoms with Gasteiger partial charge in [0, 0.05) is 43.1 Å². The highest BCUT2D eigenvalue weighted by molar-refractivity contribution is 7.17. The summed E-state index contributed by atoms with van der Waals surface area (Å²) in [6.45, 7) is 0. The minimum atomic E-state index is -0.895. The van der Waals surface area contributed by atoms with Crippen molar-refractivity contribution < 1.29 is 31.8 Å². The van der Waals surface area contributed by atoms with E-state index in [2.05, 4.69) is 15.0 Å². The first-order valence-electron chi connectivity index (χ1n) is 25.6. The summed E-state index contributed by atoms with van der Waals surface area (Å²) >= 11 is 1.53. The molecule has 0 unspecified atom stereocenters. The lowest BCUT2D eigenvalue weighted by molar-refractivity contribution is 0.669. The second kappa shape index (κ2) is 12.6. The topological polar surface area (TPSA) is 51.8 Å². The molecule has 0 aliphatic heterocycles. The number of nitrogens with zero attached hydrogens (tertiary/aromatic N) is 3. The van der Waals surface area contributed by atoms with Gasteiger partial charge in [-0.05, 0) is 63.5 Å². The lowest BCUT2D eigenvalue weighted by atomic mass is 9.96. The smallest absolute Gasteiger partial charge is 0.164 e. The highest BCUT2D eigenvalue weighted by Gasteiger charge is 2.17. The normalized spacial score (nSPS) is 16.8. The van der Waals surface area contributed by atoms with Gasteiger partial charge in [0.05, 0.1) is 27.4 Å². The molecule has 7 aromatic carbocycles. The van der Waals surface area contributed by atoms with Crippen molar-refractivity contribution in [2.24, 2.45) is 0 Å². The zero-order valence-corrected chi connectivity index (χ0v) is 27.2. The third-order valence-corrected chi connectivity index (χ3v) is 9.16. The van der Waals surface area contributed by atoms with Crippen molar-refractivity contribution in [1.82, 2.24) is 15.0 Å². The van der Waals surface area contributed by atoms with Crippen LogP contribution in [0.5, 0.6) is 0 Å². The second-order valence-corrected chi connectivity index (χ2v) is 12.2. The quantitative estimate of drug-likeness (QED) is 0.173. The van der Waals surface area contributed by atoms with Crippen LogP contribution < -0.4 is 0 Å². The molecule has 0 bridgehead atoms. The monoisotopic (exact) mass is 703 g/mol. The molecule has 0 radical (unpaired) electrons. The fraction of sp³-hybridized carbons (Fsp3) is 0. The van der Waals surface area contributed by atoms with Crippen molar-refractivity contribution in [3.8, 4) is 67.5 Å². The highest BCUT2D eigenvalue weighted by atomic mass is 32.1. The van der Waals surface area contributed by atoms with Gasteiger partial charge < -0.3 is 4.42 Å². The average molecular weight is 704 g/mol. The van der Waals surface area contributed by atoms with Crippen molar-refractivity contribution in [2.75, 3.05) is 0 Å². The Morgan fingerprint density at radius 1 is 0.462 bits per heavy atom. The zero-order chi connectivity index (χ0) is 51.8. The van der Waals surface area contributed by atoms with Crippen molar-refractivity contribution in [1.29, 1.82) is 0 Å². The molecule has 0 N–H and O–H groups in total. The van der Waals surface area contributed by atoms with Gasteiger partial charge in [0.1, 0.15) is 11.2 Å². The molecule has 3 aromatic heterocycles. The maximum Gasteiger partial charge on any atom is 0.164 e. The number of hydrogen-bond donors (Lipinski definition) is 0. The second-order valence-electron chi connectivity index (χ2n) is 11.3. The Labute approximate surface area is 332 Å². The number of furan rings is 1. The number of fused-ring (bicyclic) bond motifs is 4. The van der Waals surface area contributed by atoms with Crippen molar-refractivity contribution in [3.05, 3.63) is 175 Å². The number of benzene rings is 7. The van der Waals surface area contributed by atoms with Crippen LogP contribution in [0.15, 0.2) is 179 Å². The van der Waals surface area contributed by atoms with E-state index >= 15 is 0 Å². The zero-order valence-electron chi connectivity index (χ0n) is 46.4. The van der Waals surface area contributed by atoms with Crippen LogP contribution in [0.25, 0.3) is 99.6 Å². The molecule has 0 aliphatic rings. The van der Waals surface area contributed by atoms with Crippen LogP contribution >= 0.6 is 11.3 Å². The van der Waals surface area contributed by atoms with Crippen LogP contribution in [0.4, 0.5) is 0 Å². The van der Waals surface area contributed by atoms with Crippen LogP contribution in [0.1, 0.15) is 27.4 Å². The van der Waals surface area contributed by atoms with Gasteiger partial charge in [0.25, 0.3) is 0 Å². The molecule has 0 atom stereocenters. The molecule has 0 saturated heterocycles. The first-order chi connectivity index (χ1) is 34.1. The van der Waals surface area contributed by atoms with Crippen LogP contribution in [0.3, 0.4) is 0 Å². The molecule has 5 heteroatoms. The first kappa shape index (κ1) is 16.1. The minimum Gasteiger partial charge on any atom is -0.456 e. The van der Waals surface area contributed by atoms with Crippen LogP contribution in [0, 0.1) is 0 Å². The van der Waals surface area contributed by atoms with Crippen molar-refractivity contribution >= 4 is 43.4 Å². The van der Waals surface area contributed by atoms with E-state index in [1.807, 2.05) is 35.7 Å². The summed E-state index contributed by atoms with van der Waals surface area (Å²) in [6, 6.07) is -0.769. The molecular weight excluding hydrogens is 655 g/mol. The summed E-state index contributed by atoms with van der Waals surface area (Å²) in [6.07, 6.45) is 0. The fourth-order valence-electron chi connectivity index (χ4n) is 5.80.